The first-order valence-corrected chi connectivity index (χ1v) is 15.5. The van der Waals surface area contributed by atoms with Crippen LogP contribution in [0.5, 0.6) is 11.5 Å². The summed E-state index contributed by atoms with van der Waals surface area (Å²) in [6, 6.07) is 28.8. The summed E-state index contributed by atoms with van der Waals surface area (Å²) in [5.74, 6) is -0.292. The molecular formula is C34H37N3O6S. The Morgan fingerprint density at radius 1 is 0.818 bits per heavy atom. The molecule has 0 heterocycles. The lowest BCUT2D eigenvalue weighted by Gasteiger charge is -2.34. The number of ether oxygens (including phenoxy) is 2. The quantitative estimate of drug-likeness (QED) is 0.236. The van der Waals surface area contributed by atoms with E-state index < -0.39 is 28.5 Å². The smallest absolute Gasteiger partial charge is 0.264 e. The Labute approximate surface area is 259 Å². The van der Waals surface area contributed by atoms with Gasteiger partial charge in [0, 0.05) is 26.1 Å². The average molecular weight is 616 g/mol. The van der Waals surface area contributed by atoms with Crippen LogP contribution in [0.4, 0.5) is 5.69 Å². The van der Waals surface area contributed by atoms with E-state index in [1.165, 1.54) is 44.4 Å². The van der Waals surface area contributed by atoms with Crippen LogP contribution in [0.2, 0.25) is 0 Å². The van der Waals surface area contributed by atoms with Gasteiger partial charge in [-0.3, -0.25) is 13.9 Å². The molecule has 10 heteroatoms. The van der Waals surface area contributed by atoms with E-state index in [1.54, 1.807) is 30.3 Å². The summed E-state index contributed by atoms with van der Waals surface area (Å²) in [5.41, 5.74) is 2.95. The molecule has 0 aliphatic rings. The van der Waals surface area contributed by atoms with E-state index in [0.29, 0.717) is 11.4 Å². The molecule has 0 bridgehead atoms. The van der Waals surface area contributed by atoms with E-state index in [2.05, 4.69) is 5.32 Å². The van der Waals surface area contributed by atoms with Gasteiger partial charge in [-0.05, 0) is 47.9 Å². The summed E-state index contributed by atoms with van der Waals surface area (Å²) in [4.78, 5) is 29.2. The second kappa shape index (κ2) is 14.6. The van der Waals surface area contributed by atoms with Crippen LogP contribution in [0.1, 0.15) is 16.7 Å². The van der Waals surface area contributed by atoms with Crippen LogP contribution in [0.3, 0.4) is 0 Å². The molecule has 0 aliphatic heterocycles. The van der Waals surface area contributed by atoms with Crippen LogP contribution in [0, 0.1) is 6.92 Å². The monoisotopic (exact) mass is 615 g/mol. The number of para-hydroxylation sites is 1. The second-order valence-electron chi connectivity index (χ2n) is 10.1. The first-order chi connectivity index (χ1) is 21.2. The SMILES string of the molecule is CNC(=O)C(Cc1ccccc1)N(Cc1ccccc1C)C(=O)CN(c1ccccc1)S(=O)(=O)c1ccc(OC)c(OC)c1. The Morgan fingerprint density at radius 2 is 1.43 bits per heavy atom. The Hall–Kier alpha value is -4.83. The molecule has 0 saturated carbocycles. The van der Waals surface area contributed by atoms with Crippen molar-refractivity contribution in [3.8, 4) is 11.5 Å². The molecule has 4 aromatic rings. The number of amides is 2. The number of hydrogen-bond acceptors (Lipinski definition) is 6. The van der Waals surface area contributed by atoms with Gasteiger partial charge in [-0.2, -0.15) is 0 Å². The minimum Gasteiger partial charge on any atom is -0.493 e. The van der Waals surface area contributed by atoms with E-state index in [-0.39, 0.29) is 29.5 Å². The molecule has 0 saturated heterocycles. The van der Waals surface area contributed by atoms with Crippen molar-refractivity contribution in [3.63, 3.8) is 0 Å². The first-order valence-electron chi connectivity index (χ1n) is 14.1. The number of likely N-dealkylation sites (N-methyl/N-ethyl adjacent to an activating group) is 1. The number of carbonyl (C=O) groups excluding carboxylic acids is 2. The van der Waals surface area contributed by atoms with Crippen molar-refractivity contribution in [2.75, 3.05) is 32.1 Å². The molecule has 230 valence electrons. The summed E-state index contributed by atoms with van der Waals surface area (Å²) in [6.07, 6.45) is 0.242. The van der Waals surface area contributed by atoms with Crippen LogP contribution in [0.25, 0.3) is 0 Å². The van der Waals surface area contributed by atoms with E-state index in [0.717, 1.165) is 21.0 Å². The van der Waals surface area contributed by atoms with Crippen molar-refractivity contribution in [2.24, 2.45) is 0 Å². The van der Waals surface area contributed by atoms with E-state index in [1.807, 2.05) is 61.5 Å². The molecule has 0 aromatic heterocycles. The lowest BCUT2D eigenvalue weighted by molar-refractivity contribution is -0.139. The zero-order chi connectivity index (χ0) is 31.7. The molecule has 1 atom stereocenters. The Bertz CT molecular complexity index is 1680. The van der Waals surface area contributed by atoms with Crippen LogP contribution in [0.15, 0.2) is 108 Å². The van der Waals surface area contributed by atoms with Gasteiger partial charge in [-0.1, -0.05) is 72.8 Å². The Kier molecular flexibility index (Phi) is 10.6. The van der Waals surface area contributed by atoms with Gasteiger partial charge in [0.15, 0.2) is 11.5 Å². The number of methoxy groups -OCH3 is 2. The average Bonchev–Trinajstić information content (AvgIpc) is 3.05. The number of sulfonamides is 1. The zero-order valence-corrected chi connectivity index (χ0v) is 26.1. The van der Waals surface area contributed by atoms with Gasteiger partial charge in [0.25, 0.3) is 10.0 Å². The van der Waals surface area contributed by atoms with Crippen molar-refractivity contribution in [3.05, 3.63) is 120 Å². The van der Waals surface area contributed by atoms with Crippen molar-refractivity contribution >= 4 is 27.5 Å². The number of carbonyl (C=O) groups is 2. The number of aryl methyl sites for hydroxylation is 1. The number of benzene rings is 4. The predicted molar refractivity (Wildman–Crippen MR) is 170 cm³/mol. The van der Waals surface area contributed by atoms with Gasteiger partial charge in [-0.25, -0.2) is 8.42 Å². The highest BCUT2D eigenvalue weighted by Gasteiger charge is 2.34. The van der Waals surface area contributed by atoms with E-state index in [4.69, 9.17) is 9.47 Å². The van der Waals surface area contributed by atoms with Gasteiger partial charge in [0.05, 0.1) is 24.8 Å². The Balaban J connectivity index is 1.80. The summed E-state index contributed by atoms with van der Waals surface area (Å²) in [6.45, 7) is 1.49. The third-order valence-corrected chi connectivity index (χ3v) is 9.16. The molecule has 44 heavy (non-hydrogen) atoms. The molecule has 1 N–H and O–H groups in total. The minimum absolute atomic E-state index is 0.0793. The molecule has 4 aromatic carbocycles. The molecule has 4 rings (SSSR count). The van der Waals surface area contributed by atoms with E-state index >= 15 is 0 Å². The standard InChI is InChI=1S/C34H37N3O6S/c1-25-13-11-12-16-27(25)23-36(30(34(39)35-2)21-26-14-7-5-8-15-26)33(38)24-37(28-17-9-6-10-18-28)44(40,41)29-19-20-31(42-3)32(22-29)43-4/h5-20,22,30H,21,23-24H2,1-4H3,(H,35,39). The number of nitrogens with zero attached hydrogens (tertiary/aromatic N) is 2. The van der Waals surface area contributed by atoms with Crippen LogP contribution in [-0.4, -0.2) is 59.0 Å². The zero-order valence-electron chi connectivity index (χ0n) is 25.3. The third kappa shape index (κ3) is 7.38. The minimum atomic E-state index is -4.28. The van der Waals surface area contributed by atoms with Gasteiger partial charge in [0.1, 0.15) is 12.6 Å². The van der Waals surface area contributed by atoms with Crippen LogP contribution >= 0.6 is 0 Å². The molecule has 0 fully saturated rings. The summed E-state index contributed by atoms with van der Waals surface area (Å²) >= 11 is 0. The second-order valence-corrected chi connectivity index (χ2v) is 12.0. The number of hydrogen-bond donors (Lipinski definition) is 1. The number of rotatable bonds is 13. The highest BCUT2D eigenvalue weighted by Crippen LogP contribution is 2.32. The molecule has 2 amide bonds. The highest BCUT2D eigenvalue weighted by molar-refractivity contribution is 7.92. The van der Waals surface area contributed by atoms with Crippen LogP contribution in [-0.2, 0) is 32.6 Å². The third-order valence-electron chi connectivity index (χ3n) is 7.39. The van der Waals surface area contributed by atoms with E-state index in [9.17, 15) is 18.0 Å². The molecule has 0 spiro atoms. The van der Waals surface area contributed by atoms with Crippen molar-refractivity contribution in [1.82, 2.24) is 10.2 Å². The maximum atomic E-state index is 14.4. The fourth-order valence-corrected chi connectivity index (χ4v) is 6.35. The molecule has 0 aliphatic carbocycles. The molecule has 0 radical (unpaired) electrons. The normalized spacial score (nSPS) is 11.7. The lowest BCUT2D eigenvalue weighted by atomic mass is 10.0. The molecule has 1 unspecified atom stereocenters. The number of nitrogens with one attached hydrogen (secondary N) is 1. The largest absolute Gasteiger partial charge is 0.493 e. The predicted octanol–water partition coefficient (Wildman–Crippen LogP) is 4.59. The summed E-state index contributed by atoms with van der Waals surface area (Å²) in [7, 11) is 0.120. The van der Waals surface area contributed by atoms with Gasteiger partial charge < -0.3 is 19.7 Å². The van der Waals surface area contributed by atoms with Gasteiger partial charge in [0.2, 0.25) is 11.8 Å². The lowest BCUT2D eigenvalue weighted by Crippen LogP contribution is -2.53. The van der Waals surface area contributed by atoms with Gasteiger partial charge >= 0.3 is 0 Å². The molecular weight excluding hydrogens is 578 g/mol. The Morgan fingerprint density at radius 3 is 2.05 bits per heavy atom. The maximum absolute atomic E-state index is 14.4. The fraction of sp³-hybridized carbons (Fsp3) is 0.235. The summed E-state index contributed by atoms with van der Waals surface area (Å²) < 4.78 is 40.1. The number of anilines is 1. The fourth-order valence-electron chi connectivity index (χ4n) is 4.92. The highest BCUT2D eigenvalue weighted by atomic mass is 32.2. The van der Waals surface area contributed by atoms with Crippen molar-refractivity contribution < 1.29 is 27.5 Å². The van der Waals surface area contributed by atoms with Crippen molar-refractivity contribution in [1.29, 1.82) is 0 Å². The van der Waals surface area contributed by atoms with Crippen molar-refractivity contribution in [2.45, 2.75) is 30.8 Å². The van der Waals surface area contributed by atoms with Crippen LogP contribution < -0.4 is 19.1 Å². The maximum Gasteiger partial charge on any atom is 0.264 e. The molecule has 9 nitrogen and oxygen atoms in total. The first kappa shape index (κ1) is 32.1. The topological polar surface area (TPSA) is 105 Å². The van der Waals surface area contributed by atoms with Gasteiger partial charge in [-0.15, -0.1) is 0 Å². The summed E-state index contributed by atoms with van der Waals surface area (Å²) in [5, 5.41) is 2.70.